The van der Waals surface area contributed by atoms with Crippen molar-refractivity contribution in [3.8, 4) is 0 Å². The summed E-state index contributed by atoms with van der Waals surface area (Å²) in [5, 5.41) is 0. The molecule has 2 unspecified atom stereocenters. The highest BCUT2D eigenvalue weighted by Gasteiger charge is 2.52. The normalized spacial score (nSPS) is 33.8. The van der Waals surface area contributed by atoms with Crippen molar-refractivity contribution in [3.05, 3.63) is 12.2 Å². The van der Waals surface area contributed by atoms with Gasteiger partial charge in [-0.2, -0.15) is 0 Å². The highest BCUT2D eigenvalue weighted by Crippen LogP contribution is 2.48. The van der Waals surface area contributed by atoms with E-state index in [0.29, 0.717) is 13.2 Å². The number of carbonyl (C=O) groups is 2. The summed E-state index contributed by atoms with van der Waals surface area (Å²) in [6, 6.07) is 0. The predicted molar refractivity (Wildman–Crippen MR) is 61.0 cm³/mol. The lowest BCUT2D eigenvalue weighted by atomic mass is 9.83. The number of esters is 2. The van der Waals surface area contributed by atoms with Crippen molar-refractivity contribution < 1.29 is 19.1 Å². The first-order valence-electron chi connectivity index (χ1n) is 6.20. The second-order valence-electron chi connectivity index (χ2n) is 4.50. The fraction of sp³-hybridized carbons (Fsp3) is 0.692. The Labute approximate surface area is 101 Å². The van der Waals surface area contributed by atoms with E-state index in [0.717, 1.165) is 6.42 Å². The standard InChI is InChI=1S/C13H18O4/c1-3-16-12(14)10-8-5-6-9(7-8)11(10)13(15)17-4-2/h5-6,8-11H,3-4,7H2,1-2H3/t8?,9?,10-,11+. The molecule has 94 valence electrons. The average molecular weight is 238 g/mol. The van der Waals surface area contributed by atoms with Crippen LogP contribution in [-0.4, -0.2) is 25.2 Å². The highest BCUT2D eigenvalue weighted by molar-refractivity contribution is 5.84. The second kappa shape index (κ2) is 4.90. The third-order valence-electron chi connectivity index (χ3n) is 3.58. The van der Waals surface area contributed by atoms with Gasteiger partial charge in [-0.05, 0) is 32.1 Å². The first-order chi connectivity index (χ1) is 8.19. The Balaban J connectivity index is 2.14. The van der Waals surface area contributed by atoms with Crippen molar-refractivity contribution in [1.82, 2.24) is 0 Å². The van der Waals surface area contributed by atoms with E-state index in [-0.39, 0.29) is 35.6 Å². The van der Waals surface area contributed by atoms with E-state index in [1.165, 1.54) is 0 Å². The third kappa shape index (κ3) is 2.08. The minimum Gasteiger partial charge on any atom is -0.466 e. The number of hydrogen-bond donors (Lipinski definition) is 0. The van der Waals surface area contributed by atoms with Gasteiger partial charge in [0.2, 0.25) is 0 Å². The Kier molecular flexibility index (Phi) is 3.50. The summed E-state index contributed by atoms with van der Waals surface area (Å²) in [6.45, 7) is 4.26. The molecule has 17 heavy (non-hydrogen) atoms. The van der Waals surface area contributed by atoms with Crippen molar-refractivity contribution >= 4 is 11.9 Å². The minimum absolute atomic E-state index is 0.147. The number of rotatable bonds is 4. The fourth-order valence-electron chi connectivity index (χ4n) is 2.94. The zero-order chi connectivity index (χ0) is 12.4. The van der Waals surface area contributed by atoms with Gasteiger partial charge in [0.25, 0.3) is 0 Å². The topological polar surface area (TPSA) is 52.6 Å². The Hall–Kier alpha value is -1.32. The molecular formula is C13H18O4. The van der Waals surface area contributed by atoms with Crippen LogP contribution < -0.4 is 0 Å². The van der Waals surface area contributed by atoms with Crippen LogP contribution >= 0.6 is 0 Å². The van der Waals surface area contributed by atoms with Crippen molar-refractivity contribution in [2.24, 2.45) is 23.7 Å². The van der Waals surface area contributed by atoms with Gasteiger partial charge in [-0.1, -0.05) is 12.2 Å². The molecule has 0 radical (unpaired) electrons. The van der Waals surface area contributed by atoms with Crippen molar-refractivity contribution in [1.29, 1.82) is 0 Å². The lowest BCUT2D eigenvalue weighted by molar-refractivity contribution is -0.160. The number of allylic oxidation sites excluding steroid dienone is 2. The molecular weight excluding hydrogens is 220 g/mol. The summed E-state index contributed by atoms with van der Waals surface area (Å²) in [4.78, 5) is 23.8. The van der Waals surface area contributed by atoms with Gasteiger partial charge in [-0.25, -0.2) is 0 Å². The van der Waals surface area contributed by atoms with Crippen molar-refractivity contribution in [3.63, 3.8) is 0 Å². The summed E-state index contributed by atoms with van der Waals surface area (Å²) in [6.07, 6.45) is 4.93. The van der Waals surface area contributed by atoms with Gasteiger partial charge in [0.05, 0.1) is 25.0 Å². The van der Waals surface area contributed by atoms with E-state index in [1.807, 2.05) is 12.2 Å². The van der Waals surface area contributed by atoms with Crippen molar-refractivity contribution in [2.45, 2.75) is 20.3 Å². The predicted octanol–water partition coefficient (Wildman–Crippen LogP) is 1.55. The van der Waals surface area contributed by atoms with Crippen LogP contribution in [0.4, 0.5) is 0 Å². The third-order valence-corrected chi connectivity index (χ3v) is 3.58. The number of fused-ring (bicyclic) bond motifs is 2. The van der Waals surface area contributed by atoms with Gasteiger partial charge in [0, 0.05) is 0 Å². The molecule has 0 spiro atoms. The molecule has 4 heteroatoms. The van der Waals surface area contributed by atoms with Crippen LogP contribution in [0.1, 0.15) is 20.3 Å². The molecule has 0 saturated heterocycles. The number of hydrogen-bond acceptors (Lipinski definition) is 4. The highest BCUT2D eigenvalue weighted by atomic mass is 16.5. The quantitative estimate of drug-likeness (QED) is 0.551. The largest absolute Gasteiger partial charge is 0.466 e. The van der Waals surface area contributed by atoms with Crippen molar-refractivity contribution in [2.75, 3.05) is 13.2 Å². The summed E-state index contributed by atoms with van der Waals surface area (Å²) >= 11 is 0. The molecule has 0 aromatic rings. The van der Waals surface area contributed by atoms with E-state index in [1.54, 1.807) is 13.8 Å². The maximum atomic E-state index is 11.9. The number of carbonyl (C=O) groups excluding carboxylic acids is 2. The Morgan fingerprint density at radius 1 is 1.00 bits per heavy atom. The molecule has 2 rings (SSSR count). The average Bonchev–Trinajstić information content (AvgIpc) is 2.89. The Morgan fingerprint density at radius 2 is 1.41 bits per heavy atom. The molecule has 2 aliphatic carbocycles. The molecule has 2 bridgehead atoms. The molecule has 4 nitrogen and oxygen atoms in total. The summed E-state index contributed by atoms with van der Waals surface area (Å²) in [7, 11) is 0. The van der Waals surface area contributed by atoms with Gasteiger partial charge < -0.3 is 9.47 Å². The first kappa shape index (κ1) is 12.1. The molecule has 0 amide bonds. The molecule has 0 aliphatic heterocycles. The molecule has 0 aromatic heterocycles. The van der Waals surface area contributed by atoms with Crippen LogP contribution in [-0.2, 0) is 19.1 Å². The summed E-state index contributed by atoms with van der Waals surface area (Å²) < 4.78 is 10.1. The van der Waals surface area contributed by atoms with Crippen LogP contribution in [0.5, 0.6) is 0 Å². The van der Waals surface area contributed by atoms with E-state index in [9.17, 15) is 9.59 Å². The number of ether oxygens (including phenoxy) is 2. The van der Waals surface area contributed by atoms with Crippen LogP contribution in [0.2, 0.25) is 0 Å². The zero-order valence-corrected chi connectivity index (χ0v) is 10.2. The van der Waals surface area contributed by atoms with Crippen LogP contribution in [0, 0.1) is 23.7 Å². The Bertz CT molecular complexity index is 315. The van der Waals surface area contributed by atoms with Crippen LogP contribution in [0.3, 0.4) is 0 Å². The Morgan fingerprint density at radius 3 is 1.76 bits per heavy atom. The zero-order valence-electron chi connectivity index (χ0n) is 10.2. The summed E-state index contributed by atoms with van der Waals surface area (Å²) in [5.41, 5.74) is 0. The van der Waals surface area contributed by atoms with Gasteiger partial charge in [-0.15, -0.1) is 0 Å². The van der Waals surface area contributed by atoms with Crippen LogP contribution in [0.25, 0.3) is 0 Å². The maximum absolute atomic E-state index is 11.9. The molecule has 2 aliphatic rings. The molecule has 0 aromatic carbocycles. The van der Waals surface area contributed by atoms with E-state index in [2.05, 4.69) is 0 Å². The van der Waals surface area contributed by atoms with Gasteiger partial charge in [0.15, 0.2) is 0 Å². The SMILES string of the molecule is CCOC(=O)[C@@H]1C2C=CC(C2)[C@@H]1C(=O)OCC. The van der Waals surface area contributed by atoms with E-state index < -0.39 is 0 Å². The first-order valence-corrected chi connectivity index (χ1v) is 6.20. The molecule has 0 N–H and O–H groups in total. The van der Waals surface area contributed by atoms with Gasteiger partial charge >= 0.3 is 11.9 Å². The minimum atomic E-state index is -0.344. The second-order valence-corrected chi connectivity index (χ2v) is 4.50. The summed E-state index contributed by atoms with van der Waals surface area (Å²) in [5.74, 6) is -0.917. The molecule has 1 fully saturated rings. The molecule has 0 heterocycles. The molecule has 4 atom stereocenters. The van der Waals surface area contributed by atoms with Crippen LogP contribution in [0.15, 0.2) is 12.2 Å². The fourth-order valence-corrected chi connectivity index (χ4v) is 2.94. The van der Waals surface area contributed by atoms with E-state index >= 15 is 0 Å². The van der Waals surface area contributed by atoms with Gasteiger partial charge in [-0.3, -0.25) is 9.59 Å². The smallest absolute Gasteiger partial charge is 0.310 e. The molecule has 1 saturated carbocycles. The lowest BCUT2D eigenvalue weighted by Gasteiger charge is -2.24. The maximum Gasteiger partial charge on any atom is 0.310 e. The monoisotopic (exact) mass is 238 g/mol. The van der Waals surface area contributed by atoms with Gasteiger partial charge in [0.1, 0.15) is 0 Å². The lowest BCUT2D eigenvalue weighted by Crippen LogP contribution is -2.35. The van der Waals surface area contributed by atoms with E-state index in [4.69, 9.17) is 9.47 Å².